The minimum atomic E-state index is -0.599. The van der Waals surface area contributed by atoms with Gasteiger partial charge in [-0.05, 0) is 62.0 Å². The van der Waals surface area contributed by atoms with E-state index in [1.54, 1.807) is 0 Å². The minimum Gasteiger partial charge on any atom is -0.396 e. The molecule has 2 aliphatic rings. The van der Waals surface area contributed by atoms with E-state index >= 15 is 0 Å². The normalized spacial score (nSPS) is 24.2. The van der Waals surface area contributed by atoms with Gasteiger partial charge in [0.25, 0.3) is 0 Å². The van der Waals surface area contributed by atoms with Crippen LogP contribution in [0.2, 0.25) is 0 Å². The van der Waals surface area contributed by atoms with Gasteiger partial charge in [0.2, 0.25) is 0 Å². The summed E-state index contributed by atoms with van der Waals surface area (Å²) in [5, 5.41) is 19.2. The van der Waals surface area contributed by atoms with Gasteiger partial charge in [0.1, 0.15) is 11.6 Å². The molecule has 2 N–H and O–H groups in total. The molecule has 2 atom stereocenters. The van der Waals surface area contributed by atoms with Crippen LogP contribution in [0.3, 0.4) is 0 Å². The van der Waals surface area contributed by atoms with Crippen LogP contribution in [0.25, 0.3) is 0 Å². The summed E-state index contributed by atoms with van der Waals surface area (Å²) in [6.07, 6.45) is 6.53. The van der Waals surface area contributed by atoms with Gasteiger partial charge in [-0.25, -0.2) is 0 Å². The van der Waals surface area contributed by atoms with Crippen LogP contribution in [-0.4, -0.2) is 28.4 Å². The van der Waals surface area contributed by atoms with E-state index in [1.165, 1.54) is 5.56 Å². The molecule has 0 aliphatic heterocycles. The van der Waals surface area contributed by atoms with Crippen molar-refractivity contribution in [3.05, 3.63) is 35.4 Å². The van der Waals surface area contributed by atoms with Crippen LogP contribution in [0.5, 0.6) is 0 Å². The SMILES string of the molecule is O=C(CCO)CC(=O)C1CCC(CCc2ccccc2C2(O)CC2)C1. The highest BCUT2D eigenvalue weighted by Gasteiger charge is 2.43. The minimum absolute atomic E-state index is 0.00972. The summed E-state index contributed by atoms with van der Waals surface area (Å²) in [6.45, 7) is -0.175. The Morgan fingerprint density at radius 3 is 2.64 bits per heavy atom. The number of benzene rings is 1. The van der Waals surface area contributed by atoms with E-state index in [0.717, 1.165) is 50.5 Å². The Hall–Kier alpha value is -1.52. The van der Waals surface area contributed by atoms with Crippen LogP contribution in [-0.2, 0) is 21.6 Å². The Morgan fingerprint density at radius 2 is 1.92 bits per heavy atom. The average molecular weight is 344 g/mol. The van der Waals surface area contributed by atoms with Gasteiger partial charge in [0, 0.05) is 18.9 Å². The second-order valence-corrected chi connectivity index (χ2v) is 7.76. The molecule has 1 aromatic carbocycles. The monoisotopic (exact) mass is 344 g/mol. The number of hydrogen-bond acceptors (Lipinski definition) is 4. The van der Waals surface area contributed by atoms with Crippen molar-refractivity contribution in [3.8, 4) is 0 Å². The van der Waals surface area contributed by atoms with E-state index in [-0.39, 0.29) is 36.9 Å². The van der Waals surface area contributed by atoms with Crippen molar-refractivity contribution in [1.29, 1.82) is 0 Å². The van der Waals surface area contributed by atoms with Crippen LogP contribution in [0, 0.1) is 11.8 Å². The van der Waals surface area contributed by atoms with Crippen molar-refractivity contribution in [2.24, 2.45) is 11.8 Å². The first-order chi connectivity index (χ1) is 12.0. The molecule has 2 unspecified atom stereocenters. The molecule has 0 heterocycles. The Kier molecular flexibility index (Phi) is 5.70. The van der Waals surface area contributed by atoms with Crippen molar-refractivity contribution < 1.29 is 19.8 Å². The van der Waals surface area contributed by atoms with Gasteiger partial charge in [-0.3, -0.25) is 9.59 Å². The summed E-state index contributed by atoms with van der Waals surface area (Å²) in [5.74, 6) is 0.426. The summed E-state index contributed by atoms with van der Waals surface area (Å²) in [4.78, 5) is 23.7. The summed E-state index contributed by atoms with van der Waals surface area (Å²) < 4.78 is 0. The molecule has 0 radical (unpaired) electrons. The molecular weight excluding hydrogens is 316 g/mol. The zero-order valence-corrected chi connectivity index (χ0v) is 14.7. The molecule has 2 aliphatic carbocycles. The predicted molar refractivity (Wildman–Crippen MR) is 95.1 cm³/mol. The largest absolute Gasteiger partial charge is 0.396 e. The maximum Gasteiger partial charge on any atom is 0.143 e. The van der Waals surface area contributed by atoms with E-state index in [4.69, 9.17) is 5.11 Å². The number of aryl methyl sites for hydroxylation is 1. The van der Waals surface area contributed by atoms with Crippen LogP contribution in [0.15, 0.2) is 24.3 Å². The predicted octanol–water partition coefficient (Wildman–Crippen LogP) is 2.93. The molecule has 0 bridgehead atoms. The third kappa shape index (κ3) is 4.56. The van der Waals surface area contributed by atoms with E-state index in [1.807, 2.05) is 18.2 Å². The number of Topliss-reactive ketones (excluding diaryl/α,β-unsaturated/α-hetero) is 2. The van der Waals surface area contributed by atoms with Gasteiger partial charge < -0.3 is 10.2 Å². The first-order valence-corrected chi connectivity index (χ1v) is 9.48. The smallest absolute Gasteiger partial charge is 0.143 e. The molecule has 0 spiro atoms. The summed E-state index contributed by atoms with van der Waals surface area (Å²) in [5.41, 5.74) is 1.71. The van der Waals surface area contributed by atoms with Crippen LogP contribution in [0.4, 0.5) is 0 Å². The van der Waals surface area contributed by atoms with Gasteiger partial charge in [0.15, 0.2) is 0 Å². The van der Waals surface area contributed by atoms with E-state index in [0.29, 0.717) is 5.92 Å². The molecule has 25 heavy (non-hydrogen) atoms. The number of aliphatic hydroxyl groups excluding tert-OH is 1. The van der Waals surface area contributed by atoms with Crippen molar-refractivity contribution in [2.45, 2.75) is 63.4 Å². The lowest BCUT2D eigenvalue weighted by atomic mass is 9.91. The highest BCUT2D eigenvalue weighted by atomic mass is 16.3. The van der Waals surface area contributed by atoms with Crippen LogP contribution >= 0.6 is 0 Å². The molecule has 0 amide bonds. The lowest BCUT2D eigenvalue weighted by Crippen LogP contribution is -2.17. The lowest BCUT2D eigenvalue weighted by molar-refractivity contribution is -0.129. The lowest BCUT2D eigenvalue weighted by Gasteiger charge is -2.16. The average Bonchev–Trinajstić information content (AvgIpc) is 3.17. The van der Waals surface area contributed by atoms with Crippen molar-refractivity contribution in [1.82, 2.24) is 0 Å². The molecule has 4 heteroatoms. The maximum atomic E-state index is 12.2. The number of aliphatic hydroxyl groups is 2. The molecule has 0 saturated heterocycles. The van der Waals surface area contributed by atoms with E-state index in [9.17, 15) is 14.7 Å². The van der Waals surface area contributed by atoms with Crippen molar-refractivity contribution >= 4 is 11.6 Å². The fraction of sp³-hybridized carbons (Fsp3) is 0.619. The highest BCUT2D eigenvalue weighted by Crippen LogP contribution is 2.47. The van der Waals surface area contributed by atoms with Gasteiger partial charge >= 0.3 is 0 Å². The Labute approximate surface area is 149 Å². The van der Waals surface area contributed by atoms with Gasteiger partial charge in [-0.15, -0.1) is 0 Å². The molecule has 136 valence electrons. The quantitative estimate of drug-likeness (QED) is 0.676. The molecule has 1 aromatic rings. The third-order valence-electron chi connectivity index (χ3n) is 5.82. The third-order valence-corrected chi connectivity index (χ3v) is 5.82. The highest BCUT2D eigenvalue weighted by molar-refractivity contribution is 6.00. The van der Waals surface area contributed by atoms with Crippen LogP contribution < -0.4 is 0 Å². The number of rotatable bonds is 9. The van der Waals surface area contributed by atoms with E-state index in [2.05, 4.69) is 6.07 Å². The summed E-state index contributed by atoms with van der Waals surface area (Å²) >= 11 is 0. The molecule has 4 nitrogen and oxygen atoms in total. The number of carbonyl (C=O) groups is 2. The Morgan fingerprint density at radius 1 is 1.16 bits per heavy atom. The molecule has 2 fully saturated rings. The molecule has 0 aromatic heterocycles. The Balaban J connectivity index is 1.49. The zero-order valence-electron chi connectivity index (χ0n) is 14.7. The van der Waals surface area contributed by atoms with Gasteiger partial charge in [-0.1, -0.05) is 24.3 Å². The van der Waals surface area contributed by atoms with Crippen molar-refractivity contribution in [2.75, 3.05) is 6.61 Å². The second-order valence-electron chi connectivity index (χ2n) is 7.76. The fourth-order valence-corrected chi connectivity index (χ4v) is 4.12. The fourth-order valence-electron chi connectivity index (χ4n) is 4.12. The standard InChI is InChI=1S/C21H28O4/c22-12-9-18(23)14-20(24)17-8-6-15(13-17)5-7-16-3-1-2-4-19(16)21(25)10-11-21/h1-4,15,17,22,25H,5-14H2. The molecule has 2 saturated carbocycles. The Bertz CT molecular complexity index is 633. The second kappa shape index (κ2) is 7.79. The first-order valence-electron chi connectivity index (χ1n) is 9.48. The topological polar surface area (TPSA) is 74.6 Å². The first kappa shape index (κ1) is 18.3. The zero-order chi connectivity index (χ0) is 17.9. The summed E-state index contributed by atoms with van der Waals surface area (Å²) in [6, 6.07) is 8.16. The maximum absolute atomic E-state index is 12.2. The number of ketones is 2. The van der Waals surface area contributed by atoms with E-state index < -0.39 is 5.60 Å². The molecule has 3 rings (SSSR count). The van der Waals surface area contributed by atoms with Gasteiger partial charge in [-0.2, -0.15) is 0 Å². The number of hydrogen-bond donors (Lipinski definition) is 2. The number of carbonyl (C=O) groups excluding carboxylic acids is 2. The van der Waals surface area contributed by atoms with Gasteiger partial charge in [0.05, 0.1) is 12.0 Å². The van der Waals surface area contributed by atoms with Crippen LogP contribution in [0.1, 0.15) is 62.5 Å². The summed E-state index contributed by atoms with van der Waals surface area (Å²) in [7, 11) is 0. The van der Waals surface area contributed by atoms with Crippen molar-refractivity contribution in [3.63, 3.8) is 0 Å². The molecular formula is C21H28O4.